The van der Waals surface area contributed by atoms with Crippen LogP contribution < -0.4 is 16.3 Å². The van der Waals surface area contributed by atoms with Gasteiger partial charge in [-0.1, -0.05) is 0 Å². The van der Waals surface area contributed by atoms with E-state index in [2.05, 4.69) is 9.93 Å². The quantitative estimate of drug-likeness (QED) is 0.517. The summed E-state index contributed by atoms with van der Waals surface area (Å²) in [5, 5.41) is 0. The van der Waals surface area contributed by atoms with Crippen molar-refractivity contribution in [3.63, 3.8) is 0 Å². The third kappa shape index (κ3) is 1.19. The number of hydrogen-bond donors (Lipinski definition) is 2. The topological polar surface area (TPSA) is 87.8 Å². The Kier molecular flexibility index (Phi) is 1.48. The lowest BCUT2D eigenvalue weighted by atomic mass is 11.0. The molecule has 0 amide bonds. The monoisotopic (exact) mass is 147 g/mol. The summed E-state index contributed by atoms with van der Waals surface area (Å²) in [6.07, 6.45) is 0. The molecule has 1 heterocycles. The molecule has 10 heavy (non-hydrogen) atoms. The van der Waals surface area contributed by atoms with Gasteiger partial charge in [0.1, 0.15) is 0 Å². The van der Waals surface area contributed by atoms with Crippen molar-refractivity contribution in [1.29, 1.82) is 0 Å². The minimum absolute atomic E-state index is 0.756. The molecule has 0 atom stereocenters. The highest BCUT2D eigenvalue weighted by Crippen LogP contribution is 1.89. The molecule has 54 valence electrons. The van der Waals surface area contributed by atoms with E-state index in [0.717, 1.165) is 0 Å². The van der Waals surface area contributed by atoms with Crippen molar-refractivity contribution in [3.8, 4) is 6.01 Å². The molecule has 0 aliphatic rings. The van der Waals surface area contributed by atoms with Gasteiger partial charge in [-0.25, -0.2) is 9.59 Å². The zero-order valence-corrected chi connectivity index (χ0v) is 4.55. The van der Waals surface area contributed by atoms with Crippen LogP contribution in [0.4, 0.5) is 4.53 Å². The number of H-pyrrole nitrogens is 2. The van der Waals surface area contributed by atoms with Gasteiger partial charge in [0.2, 0.25) is 0 Å². The normalized spacial score (nSPS) is 9.30. The molecule has 1 rings (SSSR count). The summed E-state index contributed by atoms with van der Waals surface area (Å²) in [5.74, 6) is 0. The van der Waals surface area contributed by atoms with Crippen molar-refractivity contribution in [1.82, 2.24) is 15.0 Å². The maximum atomic E-state index is 11.2. The summed E-state index contributed by atoms with van der Waals surface area (Å²) in [6, 6.07) is -0.756. The van der Waals surface area contributed by atoms with Gasteiger partial charge in [0, 0.05) is 4.53 Å². The Bertz CT molecular complexity index is 300. The Hall–Kier alpha value is -1.66. The van der Waals surface area contributed by atoms with Crippen molar-refractivity contribution in [2.24, 2.45) is 0 Å². The van der Waals surface area contributed by atoms with E-state index < -0.39 is 17.4 Å². The maximum Gasteiger partial charge on any atom is 0.353 e. The third-order valence-corrected chi connectivity index (χ3v) is 0.717. The van der Waals surface area contributed by atoms with E-state index in [1.54, 1.807) is 9.97 Å². The van der Waals surface area contributed by atoms with Crippen LogP contribution in [0.1, 0.15) is 0 Å². The highest BCUT2D eigenvalue weighted by Gasteiger charge is 1.96. The lowest BCUT2D eigenvalue weighted by Crippen LogP contribution is -2.24. The van der Waals surface area contributed by atoms with Crippen molar-refractivity contribution in [2.45, 2.75) is 0 Å². The largest absolute Gasteiger partial charge is 0.353 e. The van der Waals surface area contributed by atoms with Crippen LogP contribution in [0.3, 0.4) is 0 Å². The van der Waals surface area contributed by atoms with Crippen LogP contribution in [0, 0.1) is 0 Å². The van der Waals surface area contributed by atoms with E-state index in [-0.39, 0.29) is 0 Å². The summed E-state index contributed by atoms with van der Waals surface area (Å²) in [5.41, 5.74) is -1.83. The van der Waals surface area contributed by atoms with Crippen molar-refractivity contribution >= 4 is 0 Å². The molecular formula is C3H2FN3O3. The molecule has 0 saturated carbocycles. The van der Waals surface area contributed by atoms with Gasteiger partial charge in [-0.2, -0.15) is 0 Å². The number of nitrogens with one attached hydrogen (secondary N) is 2. The Morgan fingerprint density at radius 3 is 2.60 bits per heavy atom. The van der Waals surface area contributed by atoms with Crippen LogP contribution in [0.25, 0.3) is 0 Å². The Morgan fingerprint density at radius 1 is 1.40 bits per heavy atom. The average Bonchev–Trinajstić information content (AvgIpc) is 1.85. The summed E-state index contributed by atoms with van der Waals surface area (Å²) in [7, 11) is 0. The number of nitrogens with zero attached hydrogens (tertiary/aromatic N) is 1. The molecule has 7 heteroatoms. The molecule has 0 fully saturated rings. The highest BCUT2D eigenvalue weighted by atomic mass is 19.3. The zero-order chi connectivity index (χ0) is 7.56. The molecule has 1 aromatic rings. The van der Waals surface area contributed by atoms with Gasteiger partial charge in [-0.05, 0) is 0 Å². The lowest BCUT2D eigenvalue weighted by molar-refractivity contribution is -0.0188. The lowest BCUT2D eigenvalue weighted by Gasteiger charge is -1.86. The first-order valence-electron chi connectivity index (χ1n) is 2.21. The van der Waals surface area contributed by atoms with Crippen molar-refractivity contribution in [2.75, 3.05) is 0 Å². The van der Waals surface area contributed by atoms with Gasteiger partial charge >= 0.3 is 17.4 Å². The number of hydrogen-bond acceptors (Lipinski definition) is 4. The SMILES string of the molecule is O=c1nc(OF)[nH]c(=O)[nH]1. The zero-order valence-electron chi connectivity index (χ0n) is 4.55. The Labute approximate surface area is 52.6 Å². The van der Waals surface area contributed by atoms with Crippen LogP contribution >= 0.6 is 0 Å². The van der Waals surface area contributed by atoms with Crippen LogP contribution in [0.15, 0.2) is 9.59 Å². The van der Waals surface area contributed by atoms with Crippen LogP contribution in [0.5, 0.6) is 6.01 Å². The molecule has 0 saturated heterocycles. The Morgan fingerprint density at radius 2 is 2.10 bits per heavy atom. The van der Waals surface area contributed by atoms with Crippen LogP contribution in [-0.2, 0) is 0 Å². The summed E-state index contributed by atoms with van der Waals surface area (Å²) < 4.78 is 11.2. The second kappa shape index (κ2) is 2.29. The average molecular weight is 147 g/mol. The number of aromatic nitrogens is 3. The molecule has 6 nitrogen and oxygen atoms in total. The van der Waals surface area contributed by atoms with E-state index in [1.807, 2.05) is 0 Å². The standard InChI is InChI=1S/C3H2FN3O3/c4-10-3-6-1(8)5-2(9)7-3/h(H2,5,6,7,8,9). The van der Waals surface area contributed by atoms with Crippen molar-refractivity contribution in [3.05, 3.63) is 21.0 Å². The van der Waals surface area contributed by atoms with Gasteiger partial charge < -0.3 is 0 Å². The first kappa shape index (κ1) is 6.46. The molecule has 1 aromatic heterocycles. The molecule has 2 N–H and O–H groups in total. The second-order valence-electron chi connectivity index (χ2n) is 1.38. The van der Waals surface area contributed by atoms with E-state index in [0.29, 0.717) is 0 Å². The van der Waals surface area contributed by atoms with Crippen LogP contribution in [-0.4, -0.2) is 15.0 Å². The number of aromatic amines is 2. The fourth-order valence-corrected chi connectivity index (χ4v) is 0.410. The van der Waals surface area contributed by atoms with E-state index in [4.69, 9.17) is 0 Å². The summed E-state index contributed by atoms with van der Waals surface area (Å²) in [4.78, 5) is 29.9. The van der Waals surface area contributed by atoms with Crippen LogP contribution in [0.2, 0.25) is 0 Å². The molecule has 0 unspecified atom stereocenters. The molecular weight excluding hydrogens is 145 g/mol. The number of rotatable bonds is 1. The Balaban J connectivity index is 3.33. The molecule has 0 aliphatic carbocycles. The predicted octanol–water partition coefficient (Wildman–Crippen LogP) is -1.28. The first-order chi connectivity index (χ1) is 4.72. The van der Waals surface area contributed by atoms with Gasteiger partial charge in [-0.3, -0.25) is 14.9 Å². The molecule has 0 spiro atoms. The van der Waals surface area contributed by atoms with Gasteiger partial charge in [0.05, 0.1) is 0 Å². The molecule has 0 radical (unpaired) electrons. The maximum absolute atomic E-state index is 11.2. The second-order valence-corrected chi connectivity index (χ2v) is 1.38. The summed E-state index contributed by atoms with van der Waals surface area (Å²) >= 11 is 0. The fourth-order valence-electron chi connectivity index (χ4n) is 0.410. The molecule has 0 aromatic carbocycles. The van der Waals surface area contributed by atoms with Gasteiger partial charge in [0.15, 0.2) is 0 Å². The van der Waals surface area contributed by atoms with E-state index in [1.165, 1.54) is 0 Å². The minimum atomic E-state index is -0.962. The van der Waals surface area contributed by atoms with Crippen molar-refractivity contribution < 1.29 is 9.47 Å². The molecule has 0 aliphatic heterocycles. The minimum Gasteiger partial charge on any atom is -0.258 e. The first-order valence-corrected chi connectivity index (χ1v) is 2.21. The summed E-state index contributed by atoms with van der Waals surface area (Å²) in [6.45, 7) is 0. The molecule has 0 bridgehead atoms. The van der Waals surface area contributed by atoms with Gasteiger partial charge in [-0.15, -0.1) is 4.98 Å². The van der Waals surface area contributed by atoms with E-state index in [9.17, 15) is 14.1 Å². The fraction of sp³-hybridized carbons (Fsp3) is 0. The number of halogens is 1. The van der Waals surface area contributed by atoms with Gasteiger partial charge in [0.25, 0.3) is 0 Å². The third-order valence-electron chi connectivity index (χ3n) is 0.717. The predicted molar refractivity (Wildman–Crippen MR) is 27.2 cm³/mol. The van der Waals surface area contributed by atoms with E-state index >= 15 is 0 Å². The highest BCUT2D eigenvalue weighted by molar-refractivity contribution is 4.85. The smallest absolute Gasteiger partial charge is 0.258 e.